The van der Waals surface area contributed by atoms with E-state index in [0.29, 0.717) is 13.1 Å². The molecule has 1 aliphatic heterocycles. The summed E-state index contributed by atoms with van der Waals surface area (Å²) in [7, 11) is -1.44. The first-order valence-electron chi connectivity index (χ1n) is 6.83. The first kappa shape index (κ1) is 15.1. The zero-order chi connectivity index (χ0) is 14.6. The van der Waals surface area contributed by atoms with Crippen LogP contribution in [-0.4, -0.2) is 44.8 Å². The molecule has 1 heterocycles. The van der Waals surface area contributed by atoms with Crippen LogP contribution >= 0.6 is 0 Å². The van der Waals surface area contributed by atoms with E-state index < -0.39 is 10.0 Å². The van der Waals surface area contributed by atoms with Gasteiger partial charge in [0.1, 0.15) is 17.6 Å². The standard InChI is InChI=1S/C14H21NO4S/c1-3-20(16,17)15-10-8-14(9-11-15)19-13-6-4-12(18-2)5-7-13/h4-7,14H,3,8-11H2,1-2H3. The van der Waals surface area contributed by atoms with E-state index in [9.17, 15) is 8.42 Å². The van der Waals surface area contributed by atoms with Gasteiger partial charge in [-0.2, -0.15) is 0 Å². The Labute approximate surface area is 120 Å². The average Bonchev–Trinajstić information content (AvgIpc) is 2.48. The van der Waals surface area contributed by atoms with E-state index >= 15 is 0 Å². The summed E-state index contributed by atoms with van der Waals surface area (Å²) in [6.45, 7) is 2.75. The maximum Gasteiger partial charge on any atom is 0.213 e. The zero-order valence-electron chi connectivity index (χ0n) is 11.9. The number of methoxy groups -OCH3 is 1. The van der Waals surface area contributed by atoms with E-state index in [2.05, 4.69) is 0 Å². The molecular formula is C14H21NO4S. The van der Waals surface area contributed by atoms with Crippen molar-refractivity contribution in [1.82, 2.24) is 4.31 Å². The van der Waals surface area contributed by atoms with Gasteiger partial charge in [-0.15, -0.1) is 0 Å². The number of sulfonamides is 1. The maximum atomic E-state index is 11.8. The molecule has 0 radical (unpaired) electrons. The fourth-order valence-electron chi connectivity index (χ4n) is 2.26. The van der Waals surface area contributed by atoms with E-state index in [1.807, 2.05) is 24.3 Å². The van der Waals surface area contributed by atoms with Gasteiger partial charge in [0.25, 0.3) is 0 Å². The van der Waals surface area contributed by atoms with Crippen LogP contribution in [0.3, 0.4) is 0 Å². The minimum absolute atomic E-state index is 0.0756. The van der Waals surface area contributed by atoms with Crippen LogP contribution in [0.2, 0.25) is 0 Å². The third-order valence-corrected chi connectivity index (χ3v) is 5.40. The quantitative estimate of drug-likeness (QED) is 0.833. The normalized spacial score (nSPS) is 17.9. The van der Waals surface area contributed by atoms with Crippen LogP contribution in [0.4, 0.5) is 0 Å². The number of rotatable bonds is 5. The number of hydrogen-bond acceptors (Lipinski definition) is 4. The minimum Gasteiger partial charge on any atom is -0.497 e. The third-order valence-electron chi connectivity index (χ3n) is 3.52. The Morgan fingerprint density at radius 2 is 1.70 bits per heavy atom. The van der Waals surface area contributed by atoms with Crippen molar-refractivity contribution in [2.45, 2.75) is 25.9 Å². The molecule has 1 aliphatic rings. The molecule has 0 N–H and O–H groups in total. The van der Waals surface area contributed by atoms with Gasteiger partial charge in [-0.25, -0.2) is 12.7 Å². The molecule has 0 saturated carbocycles. The molecule has 0 unspecified atom stereocenters. The van der Waals surface area contributed by atoms with Crippen molar-refractivity contribution in [2.24, 2.45) is 0 Å². The van der Waals surface area contributed by atoms with Gasteiger partial charge in [0, 0.05) is 13.1 Å². The van der Waals surface area contributed by atoms with Crippen LogP contribution in [-0.2, 0) is 10.0 Å². The number of ether oxygens (including phenoxy) is 2. The van der Waals surface area contributed by atoms with Crippen molar-refractivity contribution in [3.05, 3.63) is 24.3 Å². The third kappa shape index (κ3) is 3.64. The lowest BCUT2D eigenvalue weighted by molar-refractivity contribution is 0.135. The van der Waals surface area contributed by atoms with Crippen LogP contribution < -0.4 is 9.47 Å². The fraction of sp³-hybridized carbons (Fsp3) is 0.571. The molecule has 5 nitrogen and oxygen atoms in total. The van der Waals surface area contributed by atoms with Crippen LogP contribution in [0.1, 0.15) is 19.8 Å². The first-order valence-corrected chi connectivity index (χ1v) is 8.44. The van der Waals surface area contributed by atoms with E-state index in [0.717, 1.165) is 24.3 Å². The van der Waals surface area contributed by atoms with E-state index in [-0.39, 0.29) is 11.9 Å². The number of hydrogen-bond donors (Lipinski definition) is 0. The van der Waals surface area contributed by atoms with Gasteiger partial charge < -0.3 is 9.47 Å². The summed E-state index contributed by atoms with van der Waals surface area (Å²) in [4.78, 5) is 0. The molecule has 0 amide bonds. The molecule has 0 bridgehead atoms. The largest absolute Gasteiger partial charge is 0.497 e. The fourth-order valence-corrected chi connectivity index (χ4v) is 3.39. The molecule has 6 heteroatoms. The van der Waals surface area contributed by atoms with E-state index in [1.54, 1.807) is 18.3 Å². The van der Waals surface area contributed by atoms with Crippen molar-refractivity contribution in [2.75, 3.05) is 26.0 Å². The predicted octanol–water partition coefficient (Wildman–Crippen LogP) is 1.89. The Bertz CT molecular complexity index is 519. The Morgan fingerprint density at radius 1 is 1.15 bits per heavy atom. The van der Waals surface area contributed by atoms with Crippen LogP contribution in [0.25, 0.3) is 0 Å². The highest BCUT2D eigenvalue weighted by Gasteiger charge is 2.27. The Morgan fingerprint density at radius 3 is 2.20 bits per heavy atom. The Balaban J connectivity index is 1.88. The second-order valence-electron chi connectivity index (χ2n) is 4.79. The molecule has 2 rings (SSSR count). The van der Waals surface area contributed by atoms with Gasteiger partial charge in [-0.1, -0.05) is 0 Å². The van der Waals surface area contributed by atoms with Gasteiger partial charge in [0.15, 0.2) is 0 Å². The minimum atomic E-state index is -3.07. The van der Waals surface area contributed by atoms with Gasteiger partial charge in [-0.3, -0.25) is 0 Å². The molecule has 1 fully saturated rings. The monoisotopic (exact) mass is 299 g/mol. The van der Waals surface area contributed by atoms with Gasteiger partial charge in [0.2, 0.25) is 10.0 Å². The highest BCUT2D eigenvalue weighted by Crippen LogP contribution is 2.22. The molecule has 0 spiro atoms. The Kier molecular flexibility index (Phi) is 4.88. The lowest BCUT2D eigenvalue weighted by Gasteiger charge is -2.31. The summed E-state index contributed by atoms with van der Waals surface area (Å²) in [5.74, 6) is 1.75. The SMILES string of the molecule is CCS(=O)(=O)N1CCC(Oc2ccc(OC)cc2)CC1. The first-order chi connectivity index (χ1) is 9.55. The lowest BCUT2D eigenvalue weighted by Crippen LogP contribution is -2.42. The Hall–Kier alpha value is -1.27. The van der Waals surface area contributed by atoms with Crippen LogP contribution in [0, 0.1) is 0 Å². The zero-order valence-corrected chi connectivity index (χ0v) is 12.7. The molecule has 112 valence electrons. The predicted molar refractivity (Wildman–Crippen MR) is 77.7 cm³/mol. The molecule has 1 saturated heterocycles. The number of benzene rings is 1. The second kappa shape index (κ2) is 6.45. The van der Waals surface area contributed by atoms with Crippen LogP contribution in [0.5, 0.6) is 11.5 Å². The molecule has 0 aromatic heterocycles. The topological polar surface area (TPSA) is 55.8 Å². The number of nitrogens with zero attached hydrogens (tertiary/aromatic N) is 1. The van der Waals surface area contributed by atoms with Crippen molar-refractivity contribution in [3.8, 4) is 11.5 Å². The van der Waals surface area contributed by atoms with E-state index in [1.165, 1.54) is 0 Å². The second-order valence-corrected chi connectivity index (χ2v) is 7.05. The van der Waals surface area contributed by atoms with Crippen molar-refractivity contribution < 1.29 is 17.9 Å². The summed E-state index contributed by atoms with van der Waals surface area (Å²) < 4.78 is 36.0. The average molecular weight is 299 g/mol. The summed E-state index contributed by atoms with van der Waals surface area (Å²) in [5.41, 5.74) is 0. The lowest BCUT2D eigenvalue weighted by atomic mass is 10.1. The summed E-state index contributed by atoms with van der Waals surface area (Å²) in [5, 5.41) is 0. The van der Waals surface area contributed by atoms with E-state index in [4.69, 9.17) is 9.47 Å². The highest BCUT2D eigenvalue weighted by molar-refractivity contribution is 7.89. The molecule has 1 aromatic rings. The summed E-state index contributed by atoms with van der Waals surface area (Å²) in [6.07, 6.45) is 1.53. The van der Waals surface area contributed by atoms with Crippen LogP contribution in [0.15, 0.2) is 24.3 Å². The highest BCUT2D eigenvalue weighted by atomic mass is 32.2. The smallest absolute Gasteiger partial charge is 0.213 e. The summed E-state index contributed by atoms with van der Waals surface area (Å²) in [6, 6.07) is 7.44. The molecule has 1 aromatic carbocycles. The van der Waals surface area contributed by atoms with Crippen molar-refractivity contribution in [1.29, 1.82) is 0 Å². The maximum absolute atomic E-state index is 11.8. The molecule has 0 aliphatic carbocycles. The molecule has 0 atom stereocenters. The molecular weight excluding hydrogens is 278 g/mol. The number of piperidine rings is 1. The van der Waals surface area contributed by atoms with Gasteiger partial charge >= 0.3 is 0 Å². The van der Waals surface area contributed by atoms with Gasteiger partial charge in [0.05, 0.1) is 12.9 Å². The van der Waals surface area contributed by atoms with Crippen molar-refractivity contribution in [3.63, 3.8) is 0 Å². The van der Waals surface area contributed by atoms with Crippen molar-refractivity contribution >= 4 is 10.0 Å². The molecule has 20 heavy (non-hydrogen) atoms. The summed E-state index contributed by atoms with van der Waals surface area (Å²) >= 11 is 0. The van der Waals surface area contributed by atoms with Gasteiger partial charge in [-0.05, 0) is 44.0 Å².